The predicted octanol–water partition coefficient (Wildman–Crippen LogP) is 2.07. The lowest BCUT2D eigenvalue weighted by Gasteiger charge is -2.08. The van der Waals surface area contributed by atoms with Gasteiger partial charge >= 0.3 is 6.03 Å². The molecule has 8 heteroatoms. The molecule has 3 rings (SSSR count). The second-order valence-electron chi connectivity index (χ2n) is 4.94. The highest BCUT2D eigenvalue weighted by molar-refractivity contribution is 5.88. The highest BCUT2D eigenvalue weighted by atomic mass is 19.1. The Morgan fingerprint density at radius 1 is 1.30 bits per heavy atom. The van der Waals surface area contributed by atoms with Gasteiger partial charge in [0, 0.05) is 38.2 Å². The number of rotatable bonds is 4. The molecule has 0 atom stereocenters. The van der Waals surface area contributed by atoms with Crippen LogP contribution in [0.5, 0.6) is 0 Å². The van der Waals surface area contributed by atoms with Crippen LogP contribution in [0.25, 0.3) is 5.69 Å². The van der Waals surface area contributed by atoms with E-state index in [1.165, 1.54) is 12.4 Å². The summed E-state index contributed by atoms with van der Waals surface area (Å²) in [4.78, 5) is 15.6. The molecule has 0 saturated carbocycles. The van der Waals surface area contributed by atoms with E-state index in [0.29, 0.717) is 17.1 Å². The zero-order chi connectivity index (χ0) is 16.2. The second-order valence-corrected chi connectivity index (χ2v) is 4.94. The van der Waals surface area contributed by atoms with Gasteiger partial charge in [-0.3, -0.25) is 10.00 Å². The van der Waals surface area contributed by atoms with Crippen LogP contribution in [0.1, 0.15) is 5.56 Å². The molecule has 2 heterocycles. The van der Waals surface area contributed by atoms with Gasteiger partial charge in [-0.15, -0.1) is 0 Å². The summed E-state index contributed by atoms with van der Waals surface area (Å²) < 4.78 is 17.3. The van der Waals surface area contributed by atoms with Crippen LogP contribution in [0.3, 0.4) is 0 Å². The summed E-state index contributed by atoms with van der Waals surface area (Å²) in [5.41, 5.74) is 1.06. The van der Waals surface area contributed by atoms with Gasteiger partial charge in [0.15, 0.2) is 5.82 Å². The van der Waals surface area contributed by atoms with Crippen molar-refractivity contribution in [1.29, 1.82) is 0 Å². The summed E-state index contributed by atoms with van der Waals surface area (Å²) in [6, 6.07) is 6.06. The molecular formula is C15H15FN6O. The number of carbonyl (C=O) groups is 1. The van der Waals surface area contributed by atoms with Crippen LogP contribution in [-0.2, 0) is 13.6 Å². The SMILES string of the molecule is Cn1ccc(NC(=O)NCc2ccc(-n3ccnc3)c(F)c2)n1. The van der Waals surface area contributed by atoms with E-state index in [9.17, 15) is 9.18 Å². The monoisotopic (exact) mass is 314 g/mol. The molecule has 2 N–H and O–H groups in total. The van der Waals surface area contributed by atoms with Gasteiger partial charge < -0.3 is 9.88 Å². The molecule has 2 amide bonds. The minimum Gasteiger partial charge on any atom is -0.334 e. The highest BCUT2D eigenvalue weighted by Gasteiger charge is 2.07. The first-order valence-corrected chi connectivity index (χ1v) is 6.93. The normalized spacial score (nSPS) is 10.5. The van der Waals surface area contributed by atoms with Crippen molar-refractivity contribution in [2.45, 2.75) is 6.54 Å². The van der Waals surface area contributed by atoms with Crippen molar-refractivity contribution in [3.05, 3.63) is 60.6 Å². The number of anilines is 1. The minimum atomic E-state index is -0.400. The Balaban J connectivity index is 1.60. The van der Waals surface area contributed by atoms with Crippen LogP contribution in [0.2, 0.25) is 0 Å². The molecule has 0 bridgehead atoms. The molecule has 1 aromatic carbocycles. The Hall–Kier alpha value is -3.16. The van der Waals surface area contributed by atoms with E-state index in [1.54, 1.807) is 53.1 Å². The van der Waals surface area contributed by atoms with Crippen LogP contribution in [-0.4, -0.2) is 25.4 Å². The third-order valence-electron chi connectivity index (χ3n) is 3.20. The molecule has 7 nitrogen and oxygen atoms in total. The summed E-state index contributed by atoms with van der Waals surface area (Å²) >= 11 is 0. The first-order valence-electron chi connectivity index (χ1n) is 6.93. The summed E-state index contributed by atoms with van der Waals surface area (Å²) in [5.74, 6) is 0.0686. The van der Waals surface area contributed by atoms with Gasteiger partial charge in [-0.25, -0.2) is 14.2 Å². The number of hydrogen-bond donors (Lipinski definition) is 2. The van der Waals surface area contributed by atoms with Crippen molar-refractivity contribution in [2.75, 3.05) is 5.32 Å². The molecule has 118 valence electrons. The van der Waals surface area contributed by atoms with E-state index < -0.39 is 6.03 Å². The lowest BCUT2D eigenvalue weighted by molar-refractivity contribution is 0.251. The Morgan fingerprint density at radius 3 is 2.83 bits per heavy atom. The molecule has 0 aliphatic carbocycles. The van der Waals surface area contributed by atoms with Crippen LogP contribution in [0, 0.1) is 5.82 Å². The number of nitrogens with zero attached hydrogens (tertiary/aromatic N) is 4. The van der Waals surface area contributed by atoms with Gasteiger partial charge in [-0.2, -0.15) is 5.10 Å². The number of aryl methyl sites for hydroxylation is 1. The van der Waals surface area contributed by atoms with Gasteiger partial charge in [0.1, 0.15) is 5.82 Å². The van der Waals surface area contributed by atoms with Crippen LogP contribution in [0.4, 0.5) is 15.0 Å². The largest absolute Gasteiger partial charge is 0.334 e. The molecular weight excluding hydrogens is 299 g/mol. The quantitative estimate of drug-likeness (QED) is 0.774. The lowest BCUT2D eigenvalue weighted by atomic mass is 10.2. The number of carbonyl (C=O) groups excluding carboxylic acids is 1. The highest BCUT2D eigenvalue weighted by Crippen LogP contribution is 2.15. The van der Waals surface area contributed by atoms with Gasteiger partial charge in [-0.05, 0) is 17.7 Å². The number of benzene rings is 1. The van der Waals surface area contributed by atoms with E-state index >= 15 is 0 Å². The summed E-state index contributed by atoms with van der Waals surface area (Å²) in [7, 11) is 1.76. The molecule has 0 fully saturated rings. The maximum atomic E-state index is 14.1. The summed E-state index contributed by atoms with van der Waals surface area (Å²) in [5, 5.41) is 9.28. The van der Waals surface area contributed by atoms with E-state index in [1.807, 2.05) is 0 Å². The van der Waals surface area contributed by atoms with Crippen LogP contribution < -0.4 is 10.6 Å². The summed E-state index contributed by atoms with van der Waals surface area (Å²) in [6.07, 6.45) is 6.49. The van der Waals surface area contributed by atoms with Crippen molar-refractivity contribution >= 4 is 11.8 Å². The first-order chi connectivity index (χ1) is 11.1. The number of imidazole rings is 1. The molecule has 2 aromatic heterocycles. The van der Waals surface area contributed by atoms with Gasteiger partial charge in [0.05, 0.1) is 12.0 Å². The molecule has 23 heavy (non-hydrogen) atoms. The maximum Gasteiger partial charge on any atom is 0.320 e. The lowest BCUT2D eigenvalue weighted by Crippen LogP contribution is -2.28. The molecule has 0 aliphatic rings. The fraction of sp³-hybridized carbons (Fsp3) is 0.133. The molecule has 0 unspecified atom stereocenters. The molecule has 3 aromatic rings. The van der Waals surface area contributed by atoms with Gasteiger partial charge in [0.25, 0.3) is 0 Å². The van der Waals surface area contributed by atoms with Gasteiger partial charge in [-0.1, -0.05) is 6.07 Å². The van der Waals surface area contributed by atoms with E-state index in [2.05, 4.69) is 20.7 Å². The Labute approximate surface area is 131 Å². The summed E-state index contributed by atoms with van der Waals surface area (Å²) in [6.45, 7) is 0.208. The zero-order valence-corrected chi connectivity index (χ0v) is 12.4. The second kappa shape index (κ2) is 6.30. The zero-order valence-electron chi connectivity index (χ0n) is 12.4. The number of amides is 2. The van der Waals surface area contributed by atoms with Crippen molar-refractivity contribution in [3.63, 3.8) is 0 Å². The van der Waals surface area contributed by atoms with Gasteiger partial charge in [0.2, 0.25) is 0 Å². The van der Waals surface area contributed by atoms with E-state index in [-0.39, 0.29) is 12.4 Å². The smallest absolute Gasteiger partial charge is 0.320 e. The number of hydrogen-bond acceptors (Lipinski definition) is 3. The fourth-order valence-electron chi connectivity index (χ4n) is 2.10. The topological polar surface area (TPSA) is 76.8 Å². The maximum absolute atomic E-state index is 14.1. The molecule has 0 radical (unpaired) electrons. The standard InChI is InChI=1S/C15H15FN6O/c1-21-6-4-14(20-21)19-15(23)18-9-11-2-3-13(12(16)8-11)22-7-5-17-10-22/h2-8,10H,9H2,1H3,(H2,18,19,20,23). The number of halogens is 1. The average molecular weight is 314 g/mol. The van der Waals surface area contributed by atoms with E-state index in [0.717, 1.165) is 0 Å². The number of aromatic nitrogens is 4. The van der Waals surface area contributed by atoms with Crippen molar-refractivity contribution in [2.24, 2.45) is 7.05 Å². The third-order valence-corrected chi connectivity index (χ3v) is 3.20. The first kappa shape index (κ1) is 14.8. The average Bonchev–Trinajstić information content (AvgIpc) is 3.17. The molecule has 0 saturated heterocycles. The molecule has 0 spiro atoms. The van der Waals surface area contributed by atoms with Crippen LogP contribution in [0.15, 0.2) is 49.2 Å². The van der Waals surface area contributed by atoms with Crippen molar-refractivity contribution in [1.82, 2.24) is 24.6 Å². The number of urea groups is 1. The van der Waals surface area contributed by atoms with E-state index in [4.69, 9.17) is 0 Å². The fourth-order valence-corrected chi connectivity index (χ4v) is 2.10. The Morgan fingerprint density at radius 2 is 2.17 bits per heavy atom. The third kappa shape index (κ3) is 3.54. The molecule has 0 aliphatic heterocycles. The van der Waals surface area contributed by atoms with Crippen LogP contribution >= 0.6 is 0 Å². The Bertz CT molecular complexity index is 811. The van der Waals surface area contributed by atoms with Crippen molar-refractivity contribution in [3.8, 4) is 5.69 Å². The minimum absolute atomic E-state index is 0.208. The Kier molecular flexibility index (Phi) is 4.05. The van der Waals surface area contributed by atoms with Crippen molar-refractivity contribution < 1.29 is 9.18 Å². The number of nitrogens with one attached hydrogen (secondary N) is 2. The predicted molar refractivity (Wildman–Crippen MR) is 82.6 cm³/mol.